The van der Waals surface area contributed by atoms with E-state index in [-0.39, 0.29) is 11.4 Å². The van der Waals surface area contributed by atoms with E-state index in [0.717, 1.165) is 17.9 Å². The molecule has 0 unspecified atom stereocenters. The van der Waals surface area contributed by atoms with E-state index in [4.69, 9.17) is 9.15 Å². The molecule has 0 fully saturated rings. The molecule has 2 aromatic rings. The summed E-state index contributed by atoms with van der Waals surface area (Å²) >= 11 is 0. The van der Waals surface area contributed by atoms with Crippen molar-refractivity contribution in [3.05, 3.63) is 53.2 Å². The highest BCUT2D eigenvalue weighted by Crippen LogP contribution is 2.19. The summed E-state index contributed by atoms with van der Waals surface area (Å²) in [5, 5.41) is 3.41. The highest BCUT2D eigenvalue weighted by molar-refractivity contribution is 5.29. The zero-order valence-electron chi connectivity index (χ0n) is 13.0. The van der Waals surface area contributed by atoms with Gasteiger partial charge >= 0.3 is 0 Å². The molecule has 0 aliphatic heterocycles. The topological polar surface area (TPSA) is 34.4 Å². The molecule has 3 nitrogen and oxygen atoms in total. The number of aryl methyl sites for hydroxylation is 1. The maximum Gasteiger partial charge on any atom is 0.146 e. The van der Waals surface area contributed by atoms with Crippen molar-refractivity contribution in [3.63, 3.8) is 0 Å². The van der Waals surface area contributed by atoms with Crippen LogP contribution in [0.5, 0.6) is 5.75 Å². The molecule has 0 aliphatic rings. The SMILES string of the molecule is Cc1cc(OCc2occc2CNC(C)(C)C)ccc1F. The zero-order chi connectivity index (χ0) is 15.5. The third-order valence-electron chi connectivity index (χ3n) is 3.15. The van der Waals surface area contributed by atoms with E-state index in [2.05, 4.69) is 26.1 Å². The number of rotatable bonds is 5. The van der Waals surface area contributed by atoms with Gasteiger partial charge in [0.2, 0.25) is 0 Å². The standard InChI is InChI=1S/C17H22FNO2/c1-12-9-14(5-6-15(12)18)21-11-16-13(7-8-20-16)10-19-17(2,3)4/h5-9,19H,10-11H2,1-4H3. The Morgan fingerprint density at radius 1 is 1.24 bits per heavy atom. The van der Waals surface area contributed by atoms with E-state index in [1.165, 1.54) is 6.07 Å². The van der Waals surface area contributed by atoms with Gasteiger partial charge in [-0.3, -0.25) is 0 Å². The normalized spacial score (nSPS) is 11.7. The van der Waals surface area contributed by atoms with Crippen molar-refractivity contribution in [1.29, 1.82) is 0 Å². The number of halogens is 1. The fourth-order valence-corrected chi connectivity index (χ4v) is 1.87. The van der Waals surface area contributed by atoms with E-state index < -0.39 is 0 Å². The van der Waals surface area contributed by atoms with Gasteiger partial charge in [0.1, 0.15) is 23.9 Å². The molecule has 0 bridgehead atoms. The molecule has 0 spiro atoms. The minimum Gasteiger partial charge on any atom is -0.486 e. The molecular formula is C17H22FNO2. The van der Waals surface area contributed by atoms with Crippen LogP contribution in [0.4, 0.5) is 4.39 Å². The summed E-state index contributed by atoms with van der Waals surface area (Å²) in [7, 11) is 0. The van der Waals surface area contributed by atoms with Crippen molar-refractivity contribution in [1.82, 2.24) is 5.32 Å². The number of benzene rings is 1. The number of ether oxygens (including phenoxy) is 1. The average Bonchev–Trinajstić information content (AvgIpc) is 2.84. The summed E-state index contributed by atoms with van der Waals surface area (Å²) in [4.78, 5) is 0. The van der Waals surface area contributed by atoms with Crippen LogP contribution in [0, 0.1) is 12.7 Å². The van der Waals surface area contributed by atoms with Crippen molar-refractivity contribution in [2.24, 2.45) is 0 Å². The van der Waals surface area contributed by atoms with E-state index in [1.807, 2.05) is 6.07 Å². The second-order valence-corrected chi connectivity index (χ2v) is 6.17. The highest BCUT2D eigenvalue weighted by atomic mass is 19.1. The van der Waals surface area contributed by atoms with Gasteiger partial charge in [0.25, 0.3) is 0 Å². The Hall–Kier alpha value is -1.81. The fraction of sp³-hybridized carbons (Fsp3) is 0.412. The lowest BCUT2D eigenvalue weighted by atomic mass is 10.1. The summed E-state index contributed by atoms with van der Waals surface area (Å²) in [6.07, 6.45) is 1.66. The Morgan fingerprint density at radius 3 is 2.67 bits per heavy atom. The van der Waals surface area contributed by atoms with Crippen LogP contribution in [0.1, 0.15) is 37.7 Å². The first-order chi connectivity index (χ1) is 9.85. The summed E-state index contributed by atoms with van der Waals surface area (Å²) in [5.41, 5.74) is 1.69. The summed E-state index contributed by atoms with van der Waals surface area (Å²) in [6, 6.07) is 6.66. The van der Waals surface area contributed by atoms with Crippen molar-refractivity contribution in [3.8, 4) is 5.75 Å². The second-order valence-electron chi connectivity index (χ2n) is 6.17. The largest absolute Gasteiger partial charge is 0.486 e. The third kappa shape index (κ3) is 4.60. The lowest BCUT2D eigenvalue weighted by Crippen LogP contribution is -2.35. The molecule has 0 amide bonds. The first kappa shape index (κ1) is 15.6. The zero-order valence-corrected chi connectivity index (χ0v) is 13.0. The average molecular weight is 291 g/mol. The van der Waals surface area contributed by atoms with Gasteiger partial charge in [-0.2, -0.15) is 0 Å². The molecule has 0 aliphatic carbocycles. The molecule has 21 heavy (non-hydrogen) atoms. The number of furan rings is 1. The highest BCUT2D eigenvalue weighted by Gasteiger charge is 2.12. The predicted molar refractivity (Wildman–Crippen MR) is 80.8 cm³/mol. The van der Waals surface area contributed by atoms with Crippen molar-refractivity contribution < 1.29 is 13.5 Å². The van der Waals surface area contributed by atoms with E-state index in [0.29, 0.717) is 17.9 Å². The summed E-state index contributed by atoms with van der Waals surface area (Å²) in [6.45, 7) is 9.12. The first-order valence-corrected chi connectivity index (χ1v) is 7.04. The quantitative estimate of drug-likeness (QED) is 0.896. The molecule has 0 saturated carbocycles. The molecule has 114 valence electrons. The first-order valence-electron chi connectivity index (χ1n) is 7.04. The molecule has 1 aromatic heterocycles. The molecule has 1 N–H and O–H groups in total. The Morgan fingerprint density at radius 2 is 2.00 bits per heavy atom. The Balaban J connectivity index is 1.97. The van der Waals surface area contributed by atoms with Gasteiger partial charge in [0.15, 0.2) is 0 Å². The van der Waals surface area contributed by atoms with Crippen LogP contribution in [-0.4, -0.2) is 5.54 Å². The van der Waals surface area contributed by atoms with Gasteiger partial charge in [-0.15, -0.1) is 0 Å². The van der Waals surface area contributed by atoms with E-state index in [1.54, 1.807) is 25.3 Å². The molecule has 4 heteroatoms. The predicted octanol–water partition coefficient (Wildman–Crippen LogP) is 4.19. The molecule has 0 atom stereocenters. The van der Waals surface area contributed by atoms with Crippen LogP contribution >= 0.6 is 0 Å². The maximum absolute atomic E-state index is 13.2. The fourth-order valence-electron chi connectivity index (χ4n) is 1.87. The molecule has 1 heterocycles. The van der Waals surface area contributed by atoms with Crippen LogP contribution in [0.25, 0.3) is 0 Å². The lowest BCUT2D eigenvalue weighted by molar-refractivity contribution is 0.267. The number of hydrogen-bond donors (Lipinski definition) is 1. The number of hydrogen-bond acceptors (Lipinski definition) is 3. The molecule has 2 rings (SSSR count). The van der Waals surface area contributed by atoms with Crippen molar-refractivity contribution in [2.45, 2.75) is 46.4 Å². The van der Waals surface area contributed by atoms with Crippen molar-refractivity contribution >= 4 is 0 Å². The van der Waals surface area contributed by atoms with Crippen LogP contribution in [-0.2, 0) is 13.2 Å². The van der Waals surface area contributed by atoms with E-state index in [9.17, 15) is 4.39 Å². The minimum absolute atomic E-state index is 0.0451. The van der Waals surface area contributed by atoms with Gasteiger partial charge in [0.05, 0.1) is 6.26 Å². The van der Waals surface area contributed by atoms with Gasteiger partial charge in [-0.1, -0.05) is 0 Å². The number of nitrogens with one attached hydrogen (secondary N) is 1. The lowest BCUT2D eigenvalue weighted by Gasteiger charge is -2.20. The maximum atomic E-state index is 13.2. The smallest absolute Gasteiger partial charge is 0.146 e. The third-order valence-corrected chi connectivity index (χ3v) is 3.15. The summed E-state index contributed by atoms with van der Waals surface area (Å²) in [5.74, 6) is 1.20. The monoisotopic (exact) mass is 291 g/mol. The molecule has 1 aromatic carbocycles. The Kier molecular flexibility index (Phi) is 4.68. The van der Waals surface area contributed by atoms with Crippen LogP contribution in [0.15, 0.2) is 34.9 Å². The molecular weight excluding hydrogens is 269 g/mol. The van der Waals surface area contributed by atoms with Gasteiger partial charge < -0.3 is 14.5 Å². The van der Waals surface area contributed by atoms with Crippen LogP contribution in [0.2, 0.25) is 0 Å². The Bertz CT molecular complexity index is 599. The van der Waals surface area contributed by atoms with Crippen LogP contribution < -0.4 is 10.1 Å². The van der Waals surface area contributed by atoms with Gasteiger partial charge in [-0.05, 0) is 57.5 Å². The van der Waals surface area contributed by atoms with E-state index >= 15 is 0 Å². The second kappa shape index (κ2) is 6.31. The Labute approximate surface area is 125 Å². The van der Waals surface area contributed by atoms with Gasteiger partial charge in [-0.25, -0.2) is 4.39 Å². The van der Waals surface area contributed by atoms with Gasteiger partial charge in [0, 0.05) is 17.6 Å². The molecule has 0 saturated heterocycles. The molecule has 0 radical (unpaired) electrons. The van der Waals surface area contributed by atoms with Crippen LogP contribution in [0.3, 0.4) is 0 Å². The summed E-state index contributed by atoms with van der Waals surface area (Å²) < 4.78 is 24.3. The van der Waals surface area contributed by atoms with Crippen molar-refractivity contribution in [2.75, 3.05) is 0 Å². The minimum atomic E-state index is -0.226.